The number of ether oxygens (including phenoxy) is 2. The van der Waals surface area contributed by atoms with E-state index < -0.39 is 11.4 Å². The average Bonchev–Trinajstić information content (AvgIpc) is 2.66. The fourth-order valence-corrected chi connectivity index (χ4v) is 2.93. The molecule has 0 spiro atoms. The van der Waals surface area contributed by atoms with Crippen LogP contribution in [0.2, 0.25) is 0 Å². The Hall–Kier alpha value is -2.93. The first-order valence-corrected chi connectivity index (χ1v) is 9.87. The molecule has 1 heterocycles. The van der Waals surface area contributed by atoms with E-state index in [-0.39, 0.29) is 22.7 Å². The molecule has 0 bridgehead atoms. The standard InChI is InChI=1S/C23H30N2O5/c1-15(23(2,3)4)25-14-18(22(27)28)19(26)13-17(25)12-16-8-6-9-20(21(16)24)30-11-7-10-29-5/h6,8-9,12-15,24H,7,10-11H2,1-5H3,(H,27,28)/b16-12+,24-21?/t15-/m1/s1. The number of carboxylic acid groups (broad SMARTS) is 1. The number of nitrogens with one attached hydrogen (secondary N) is 1. The molecular weight excluding hydrogens is 384 g/mol. The second-order valence-electron chi connectivity index (χ2n) is 8.29. The molecule has 2 N–H and O–H groups in total. The first-order chi connectivity index (χ1) is 14.1. The van der Waals surface area contributed by atoms with Crippen molar-refractivity contribution in [2.45, 2.75) is 40.2 Å². The van der Waals surface area contributed by atoms with Crippen molar-refractivity contribution in [2.24, 2.45) is 5.41 Å². The van der Waals surface area contributed by atoms with E-state index in [1.54, 1.807) is 36.0 Å². The van der Waals surface area contributed by atoms with E-state index in [1.807, 2.05) is 27.7 Å². The second-order valence-corrected chi connectivity index (χ2v) is 8.29. The van der Waals surface area contributed by atoms with Gasteiger partial charge in [-0.25, -0.2) is 4.79 Å². The Balaban J connectivity index is 2.44. The lowest BCUT2D eigenvalue weighted by Crippen LogP contribution is -2.27. The summed E-state index contributed by atoms with van der Waals surface area (Å²) in [4.78, 5) is 23.8. The van der Waals surface area contributed by atoms with Gasteiger partial charge in [-0.05, 0) is 24.5 Å². The van der Waals surface area contributed by atoms with Crippen molar-refractivity contribution in [3.63, 3.8) is 0 Å². The minimum absolute atomic E-state index is 0.0925. The Bertz CT molecular complexity index is 961. The van der Waals surface area contributed by atoms with Crippen LogP contribution in [0, 0.1) is 10.8 Å². The van der Waals surface area contributed by atoms with E-state index in [0.717, 1.165) is 0 Å². The highest BCUT2D eigenvalue weighted by Gasteiger charge is 2.25. The number of carbonyl (C=O) groups is 1. The van der Waals surface area contributed by atoms with Crippen molar-refractivity contribution in [1.29, 1.82) is 5.41 Å². The van der Waals surface area contributed by atoms with Gasteiger partial charge >= 0.3 is 5.97 Å². The van der Waals surface area contributed by atoms with Crippen LogP contribution in [0.1, 0.15) is 56.2 Å². The first-order valence-electron chi connectivity index (χ1n) is 9.87. The molecule has 0 amide bonds. The summed E-state index contributed by atoms with van der Waals surface area (Å²) in [5, 5.41) is 17.8. The van der Waals surface area contributed by atoms with Gasteiger partial charge in [0.15, 0.2) is 5.43 Å². The molecule has 7 heteroatoms. The Morgan fingerprint density at radius 2 is 2.03 bits per heavy atom. The number of pyridine rings is 1. The lowest BCUT2D eigenvalue weighted by Gasteiger charge is -2.31. The van der Waals surface area contributed by atoms with Gasteiger partial charge in [0.05, 0.1) is 6.61 Å². The number of hydrogen-bond acceptors (Lipinski definition) is 5. The maximum absolute atomic E-state index is 12.4. The Morgan fingerprint density at radius 1 is 1.33 bits per heavy atom. The van der Waals surface area contributed by atoms with Crippen LogP contribution in [0.5, 0.6) is 0 Å². The highest BCUT2D eigenvalue weighted by atomic mass is 16.5. The molecule has 0 saturated heterocycles. The van der Waals surface area contributed by atoms with Crippen LogP contribution >= 0.6 is 0 Å². The first kappa shape index (κ1) is 23.3. The SMILES string of the molecule is COCCCOC1=CC=C/C(=C\c2cc(=O)c(C(=O)O)cn2[C@H](C)C(C)(C)C)C1=N. The maximum atomic E-state index is 12.4. The van der Waals surface area contributed by atoms with Crippen molar-refractivity contribution in [2.75, 3.05) is 20.3 Å². The van der Waals surface area contributed by atoms with Crippen LogP contribution in [0.15, 0.2) is 46.6 Å². The summed E-state index contributed by atoms with van der Waals surface area (Å²) >= 11 is 0. The van der Waals surface area contributed by atoms with Gasteiger partial charge in [0.1, 0.15) is 17.0 Å². The number of rotatable bonds is 8. The zero-order valence-corrected chi connectivity index (χ0v) is 18.2. The largest absolute Gasteiger partial charge is 0.491 e. The summed E-state index contributed by atoms with van der Waals surface area (Å²) in [6.45, 7) is 9.12. The zero-order chi connectivity index (χ0) is 22.5. The lowest BCUT2D eigenvalue weighted by molar-refractivity contribution is 0.0693. The minimum atomic E-state index is -1.26. The number of carboxylic acids is 1. The molecule has 0 unspecified atom stereocenters. The molecule has 0 aromatic carbocycles. The van der Waals surface area contributed by atoms with E-state index >= 15 is 0 Å². The molecule has 0 saturated carbocycles. The van der Waals surface area contributed by atoms with E-state index in [4.69, 9.17) is 14.9 Å². The third-order valence-corrected chi connectivity index (χ3v) is 5.12. The third-order valence-electron chi connectivity index (χ3n) is 5.12. The number of aromatic carboxylic acids is 1. The average molecular weight is 415 g/mol. The lowest BCUT2D eigenvalue weighted by atomic mass is 9.87. The predicted molar refractivity (Wildman–Crippen MR) is 117 cm³/mol. The summed E-state index contributed by atoms with van der Waals surface area (Å²) in [5.74, 6) is -0.811. The second kappa shape index (κ2) is 9.71. The highest BCUT2D eigenvalue weighted by molar-refractivity contribution is 6.14. The number of nitrogens with zero attached hydrogens (tertiary/aromatic N) is 1. The van der Waals surface area contributed by atoms with Gasteiger partial charge in [-0.3, -0.25) is 10.2 Å². The summed E-state index contributed by atoms with van der Waals surface area (Å²) in [5.41, 5.74) is 0.312. The number of aromatic nitrogens is 1. The molecule has 0 radical (unpaired) electrons. The molecule has 1 aliphatic rings. The van der Waals surface area contributed by atoms with Crippen LogP contribution in [0.3, 0.4) is 0 Å². The van der Waals surface area contributed by atoms with Crippen molar-refractivity contribution in [3.05, 3.63) is 63.3 Å². The quantitative estimate of drug-likeness (QED) is 0.625. The predicted octanol–water partition coefficient (Wildman–Crippen LogP) is 4.06. The third kappa shape index (κ3) is 5.57. The minimum Gasteiger partial charge on any atom is -0.491 e. The number of allylic oxidation sites excluding steroid dienone is 4. The smallest absolute Gasteiger partial charge is 0.341 e. The molecule has 1 atom stereocenters. The Kier molecular flexibility index (Phi) is 7.56. The van der Waals surface area contributed by atoms with E-state index in [0.29, 0.717) is 36.7 Å². The highest BCUT2D eigenvalue weighted by Crippen LogP contribution is 2.31. The summed E-state index contributed by atoms with van der Waals surface area (Å²) in [6, 6.07) is 1.22. The number of methoxy groups -OCH3 is 1. The molecule has 1 aliphatic carbocycles. The van der Waals surface area contributed by atoms with Crippen molar-refractivity contribution in [3.8, 4) is 0 Å². The molecule has 7 nitrogen and oxygen atoms in total. The molecule has 30 heavy (non-hydrogen) atoms. The van der Waals surface area contributed by atoms with E-state index in [9.17, 15) is 14.7 Å². The summed E-state index contributed by atoms with van der Waals surface area (Å²) in [6.07, 6.45) is 9.11. The molecule has 1 aromatic heterocycles. The summed E-state index contributed by atoms with van der Waals surface area (Å²) in [7, 11) is 1.62. The van der Waals surface area contributed by atoms with Crippen LogP contribution in [0.4, 0.5) is 0 Å². The van der Waals surface area contributed by atoms with E-state index in [1.165, 1.54) is 12.3 Å². The normalized spacial score (nSPS) is 16.5. The van der Waals surface area contributed by atoms with Gasteiger partial charge in [-0.15, -0.1) is 0 Å². The van der Waals surface area contributed by atoms with E-state index in [2.05, 4.69) is 0 Å². The Morgan fingerprint density at radius 3 is 2.63 bits per heavy atom. The molecular formula is C23H30N2O5. The van der Waals surface area contributed by atoms with Crippen LogP contribution in [0.25, 0.3) is 6.08 Å². The Labute approximate surface area is 176 Å². The molecule has 2 rings (SSSR count). The van der Waals surface area contributed by atoms with Crippen molar-refractivity contribution in [1.82, 2.24) is 4.57 Å². The van der Waals surface area contributed by atoms with Gasteiger partial charge in [-0.2, -0.15) is 0 Å². The van der Waals surface area contributed by atoms with Gasteiger partial charge in [0, 0.05) is 49.7 Å². The zero-order valence-electron chi connectivity index (χ0n) is 18.2. The van der Waals surface area contributed by atoms with Gasteiger partial charge in [0.2, 0.25) is 0 Å². The molecule has 0 fully saturated rings. The van der Waals surface area contributed by atoms with Crippen LogP contribution < -0.4 is 5.43 Å². The topological polar surface area (TPSA) is 102 Å². The van der Waals surface area contributed by atoms with Crippen molar-refractivity contribution < 1.29 is 19.4 Å². The summed E-state index contributed by atoms with van der Waals surface area (Å²) < 4.78 is 12.5. The van der Waals surface area contributed by atoms with Gasteiger partial charge in [0.25, 0.3) is 0 Å². The number of hydrogen-bond donors (Lipinski definition) is 2. The van der Waals surface area contributed by atoms with Gasteiger partial charge < -0.3 is 19.1 Å². The van der Waals surface area contributed by atoms with Gasteiger partial charge in [-0.1, -0.05) is 32.9 Å². The fraction of sp³-hybridized carbons (Fsp3) is 0.435. The monoisotopic (exact) mass is 414 g/mol. The van der Waals surface area contributed by atoms with Crippen LogP contribution in [-0.2, 0) is 9.47 Å². The van der Waals surface area contributed by atoms with Crippen LogP contribution in [-0.4, -0.2) is 41.7 Å². The molecule has 1 aromatic rings. The molecule has 162 valence electrons. The molecule has 0 aliphatic heterocycles. The fourth-order valence-electron chi connectivity index (χ4n) is 2.93. The van der Waals surface area contributed by atoms with Crippen molar-refractivity contribution >= 4 is 17.8 Å². The maximum Gasteiger partial charge on any atom is 0.341 e.